The molecule has 0 radical (unpaired) electrons. The van der Waals surface area contributed by atoms with Crippen LogP contribution in [-0.2, 0) is 0 Å². The van der Waals surface area contributed by atoms with Crippen molar-refractivity contribution >= 4 is 5.91 Å². The highest BCUT2D eigenvalue weighted by molar-refractivity contribution is 5.94. The summed E-state index contributed by atoms with van der Waals surface area (Å²) in [5, 5.41) is 3.13. The largest absolute Gasteiger partial charge is 0.490 e. The van der Waals surface area contributed by atoms with E-state index in [2.05, 4.69) is 11.9 Å². The van der Waals surface area contributed by atoms with Gasteiger partial charge in [0.15, 0.2) is 0 Å². The monoisotopic (exact) mass is 337 g/mol. The van der Waals surface area contributed by atoms with E-state index in [1.807, 2.05) is 38.1 Å². The summed E-state index contributed by atoms with van der Waals surface area (Å²) >= 11 is 0. The second-order valence-electron chi connectivity index (χ2n) is 6.75. The van der Waals surface area contributed by atoms with Crippen molar-refractivity contribution in [2.45, 2.75) is 31.9 Å². The lowest BCUT2D eigenvalue weighted by Crippen LogP contribution is -2.41. The molecule has 0 unspecified atom stereocenters. The van der Waals surface area contributed by atoms with Crippen LogP contribution in [-0.4, -0.2) is 18.1 Å². The number of carbonyl (C=O) groups excluding carboxylic acids is 1. The van der Waals surface area contributed by atoms with Gasteiger partial charge in [-0.1, -0.05) is 30.9 Å². The molecule has 0 aliphatic carbocycles. The molecule has 130 valence electrons. The molecule has 2 aromatic carbocycles. The van der Waals surface area contributed by atoms with Gasteiger partial charge in [-0.2, -0.15) is 0 Å². The van der Waals surface area contributed by atoms with Crippen LogP contribution in [0.5, 0.6) is 11.5 Å². The zero-order valence-electron chi connectivity index (χ0n) is 14.6. The molecule has 0 bridgehead atoms. The summed E-state index contributed by atoms with van der Waals surface area (Å²) in [5.41, 5.74) is 1.29. The number of carbonyl (C=O) groups is 1. The first-order chi connectivity index (χ1) is 12.0. The highest BCUT2D eigenvalue weighted by Gasteiger charge is 2.34. The normalized spacial score (nSPS) is 17.8. The van der Waals surface area contributed by atoms with Gasteiger partial charge in [-0.15, -0.1) is 0 Å². The fourth-order valence-corrected chi connectivity index (χ4v) is 3.03. The number of hydrogen-bond donors (Lipinski definition) is 1. The number of amides is 1. The molecule has 3 rings (SSSR count). The number of para-hydroxylation sites is 1. The van der Waals surface area contributed by atoms with Gasteiger partial charge in [0, 0.05) is 17.5 Å². The lowest BCUT2D eigenvalue weighted by molar-refractivity contribution is 0.0620. The maximum absolute atomic E-state index is 12.7. The third-order valence-electron chi connectivity index (χ3n) is 4.17. The molecule has 0 fully saturated rings. The van der Waals surface area contributed by atoms with Crippen molar-refractivity contribution in [3.05, 3.63) is 72.3 Å². The Morgan fingerprint density at radius 1 is 1.28 bits per heavy atom. The van der Waals surface area contributed by atoms with E-state index in [4.69, 9.17) is 9.47 Å². The summed E-state index contributed by atoms with van der Waals surface area (Å²) in [6, 6.07) is 14.9. The SMILES string of the molecule is C=CCOc1ccc(C(=O)N[C@@H]2CC(C)(C)Oc3ccccc32)cc1. The van der Waals surface area contributed by atoms with Gasteiger partial charge in [0.1, 0.15) is 23.7 Å². The van der Waals surface area contributed by atoms with E-state index < -0.39 is 0 Å². The molecular formula is C21H23NO3. The topological polar surface area (TPSA) is 47.6 Å². The predicted molar refractivity (Wildman–Crippen MR) is 98.1 cm³/mol. The Kier molecular flexibility index (Phi) is 4.79. The first-order valence-electron chi connectivity index (χ1n) is 8.41. The lowest BCUT2D eigenvalue weighted by Gasteiger charge is -2.37. The van der Waals surface area contributed by atoms with Crippen LogP contribution in [0.3, 0.4) is 0 Å². The highest BCUT2D eigenvalue weighted by Crippen LogP contribution is 2.39. The van der Waals surface area contributed by atoms with Crippen LogP contribution in [0.25, 0.3) is 0 Å². The zero-order valence-corrected chi connectivity index (χ0v) is 14.6. The van der Waals surface area contributed by atoms with Crippen molar-refractivity contribution in [2.75, 3.05) is 6.61 Å². The first-order valence-corrected chi connectivity index (χ1v) is 8.41. The van der Waals surface area contributed by atoms with E-state index in [9.17, 15) is 4.79 Å². The van der Waals surface area contributed by atoms with E-state index in [1.54, 1.807) is 30.3 Å². The van der Waals surface area contributed by atoms with Gasteiger partial charge in [0.25, 0.3) is 5.91 Å². The zero-order chi connectivity index (χ0) is 17.9. The average molecular weight is 337 g/mol. The Bertz CT molecular complexity index is 765. The molecule has 1 atom stereocenters. The van der Waals surface area contributed by atoms with Crippen molar-refractivity contribution in [1.29, 1.82) is 0 Å². The molecule has 25 heavy (non-hydrogen) atoms. The Morgan fingerprint density at radius 3 is 2.72 bits per heavy atom. The van der Waals surface area contributed by atoms with Crippen LogP contribution in [0.15, 0.2) is 61.2 Å². The van der Waals surface area contributed by atoms with Gasteiger partial charge in [-0.3, -0.25) is 4.79 Å². The molecule has 0 aromatic heterocycles. The van der Waals surface area contributed by atoms with Crippen LogP contribution >= 0.6 is 0 Å². The fourth-order valence-electron chi connectivity index (χ4n) is 3.03. The van der Waals surface area contributed by atoms with E-state index in [0.717, 1.165) is 17.7 Å². The summed E-state index contributed by atoms with van der Waals surface area (Å²) in [5.74, 6) is 1.44. The second-order valence-corrected chi connectivity index (χ2v) is 6.75. The third kappa shape index (κ3) is 4.02. The number of nitrogens with one attached hydrogen (secondary N) is 1. The van der Waals surface area contributed by atoms with Gasteiger partial charge in [-0.05, 0) is 44.2 Å². The van der Waals surface area contributed by atoms with Crippen LogP contribution < -0.4 is 14.8 Å². The highest BCUT2D eigenvalue weighted by atomic mass is 16.5. The van der Waals surface area contributed by atoms with E-state index in [0.29, 0.717) is 17.9 Å². The summed E-state index contributed by atoms with van der Waals surface area (Å²) in [4.78, 5) is 12.7. The maximum Gasteiger partial charge on any atom is 0.251 e. The van der Waals surface area contributed by atoms with Crippen molar-refractivity contribution < 1.29 is 14.3 Å². The predicted octanol–water partition coefficient (Wildman–Crippen LogP) is 4.28. The molecule has 0 saturated carbocycles. The minimum absolute atomic E-state index is 0.0795. The van der Waals surface area contributed by atoms with Crippen molar-refractivity contribution in [2.24, 2.45) is 0 Å². The summed E-state index contributed by atoms with van der Waals surface area (Å²) in [7, 11) is 0. The smallest absolute Gasteiger partial charge is 0.251 e. The molecule has 1 N–H and O–H groups in total. The number of rotatable bonds is 5. The van der Waals surface area contributed by atoms with Gasteiger partial charge >= 0.3 is 0 Å². The number of hydrogen-bond acceptors (Lipinski definition) is 3. The van der Waals surface area contributed by atoms with Crippen LogP contribution in [0.2, 0.25) is 0 Å². The number of ether oxygens (including phenoxy) is 2. The molecule has 0 spiro atoms. The molecule has 4 heteroatoms. The average Bonchev–Trinajstić information content (AvgIpc) is 2.59. The Balaban J connectivity index is 1.75. The molecule has 1 aliphatic heterocycles. The molecule has 2 aromatic rings. The quantitative estimate of drug-likeness (QED) is 0.828. The Morgan fingerprint density at radius 2 is 2.00 bits per heavy atom. The minimum atomic E-state index is -0.325. The van der Waals surface area contributed by atoms with E-state index in [1.165, 1.54) is 0 Å². The van der Waals surface area contributed by atoms with Crippen molar-refractivity contribution in [1.82, 2.24) is 5.32 Å². The van der Waals surface area contributed by atoms with Gasteiger partial charge in [0.2, 0.25) is 0 Å². The summed E-state index contributed by atoms with van der Waals surface area (Å²) in [6.45, 7) is 8.13. The molecular weight excluding hydrogens is 314 g/mol. The van der Waals surface area contributed by atoms with E-state index in [-0.39, 0.29) is 17.6 Å². The maximum atomic E-state index is 12.7. The summed E-state index contributed by atoms with van der Waals surface area (Å²) in [6.07, 6.45) is 2.40. The molecule has 1 amide bonds. The molecule has 4 nitrogen and oxygen atoms in total. The van der Waals surface area contributed by atoms with Crippen LogP contribution in [0.4, 0.5) is 0 Å². The van der Waals surface area contributed by atoms with E-state index >= 15 is 0 Å². The number of fused-ring (bicyclic) bond motifs is 1. The minimum Gasteiger partial charge on any atom is -0.490 e. The summed E-state index contributed by atoms with van der Waals surface area (Å²) < 4.78 is 11.5. The van der Waals surface area contributed by atoms with Crippen LogP contribution in [0, 0.1) is 0 Å². The number of benzene rings is 2. The van der Waals surface area contributed by atoms with Gasteiger partial charge in [-0.25, -0.2) is 0 Å². The third-order valence-corrected chi connectivity index (χ3v) is 4.17. The van der Waals surface area contributed by atoms with Crippen LogP contribution in [0.1, 0.15) is 42.2 Å². The van der Waals surface area contributed by atoms with Gasteiger partial charge in [0.05, 0.1) is 6.04 Å². The lowest BCUT2D eigenvalue weighted by atomic mass is 9.89. The fraction of sp³-hybridized carbons (Fsp3) is 0.286. The Labute approximate surface area is 148 Å². The van der Waals surface area contributed by atoms with Crippen molar-refractivity contribution in [3.8, 4) is 11.5 Å². The molecule has 0 saturated heterocycles. The molecule has 1 aliphatic rings. The van der Waals surface area contributed by atoms with Crippen molar-refractivity contribution in [3.63, 3.8) is 0 Å². The second kappa shape index (κ2) is 7.01. The first kappa shape index (κ1) is 17.1. The standard InChI is InChI=1S/C21H23NO3/c1-4-13-24-16-11-9-15(10-12-16)20(23)22-18-14-21(2,3)25-19-8-6-5-7-17(18)19/h4-12,18H,1,13-14H2,2-3H3,(H,22,23)/t18-/m1/s1. The van der Waals surface area contributed by atoms with Gasteiger partial charge < -0.3 is 14.8 Å². The molecule has 1 heterocycles. The Hall–Kier alpha value is -2.75.